The number of para-hydroxylation sites is 1. The first-order valence-electron chi connectivity index (χ1n) is 6.53. The second kappa shape index (κ2) is 6.47. The first kappa shape index (κ1) is 13.0. The van der Waals surface area contributed by atoms with E-state index in [9.17, 15) is 0 Å². The molecule has 0 spiro atoms. The molecule has 3 heteroatoms. The smallest absolute Gasteiger partial charge is 0.0705 e. The van der Waals surface area contributed by atoms with Gasteiger partial charge in [0.1, 0.15) is 0 Å². The lowest BCUT2D eigenvalue weighted by atomic mass is 10.1. The molecule has 1 heterocycles. The van der Waals surface area contributed by atoms with Gasteiger partial charge in [-0.2, -0.15) is 0 Å². The van der Waals surface area contributed by atoms with Gasteiger partial charge in [0.15, 0.2) is 0 Å². The van der Waals surface area contributed by atoms with Crippen molar-refractivity contribution >= 4 is 10.9 Å². The lowest BCUT2D eigenvalue weighted by Gasteiger charge is -2.14. The Hall–Kier alpha value is -1.45. The van der Waals surface area contributed by atoms with E-state index in [-0.39, 0.29) is 0 Å². The van der Waals surface area contributed by atoms with Crippen LogP contribution in [0.25, 0.3) is 10.9 Å². The maximum absolute atomic E-state index is 4.38. The Labute approximate surface area is 109 Å². The van der Waals surface area contributed by atoms with E-state index in [4.69, 9.17) is 0 Å². The zero-order chi connectivity index (χ0) is 12.8. The van der Waals surface area contributed by atoms with E-state index in [0.29, 0.717) is 0 Å². The highest BCUT2D eigenvalue weighted by molar-refractivity contribution is 5.81. The molecule has 0 atom stereocenters. The molecule has 0 aliphatic rings. The van der Waals surface area contributed by atoms with Crippen LogP contribution >= 0.6 is 0 Å². The molecule has 1 aromatic carbocycles. The molecule has 2 rings (SSSR count). The van der Waals surface area contributed by atoms with Crippen molar-refractivity contribution in [3.05, 3.63) is 42.1 Å². The van der Waals surface area contributed by atoms with Crippen molar-refractivity contribution in [2.75, 3.05) is 26.7 Å². The number of pyridine rings is 1. The Kier molecular flexibility index (Phi) is 4.67. The Morgan fingerprint density at radius 2 is 2.06 bits per heavy atom. The summed E-state index contributed by atoms with van der Waals surface area (Å²) in [6, 6.07) is 10.4. The molecule has 18 heavy (non-hydrogen) atoms. The van der Waals surface area contributed by atoms with Crippen molar-refractivity contribution in [3.63, 3.8) is 0 Å². The quantitative estimate of drug-likeness (QED) is 0.789. The van der Waals surface area contributed by atoms with Crippen molar-refractivity contribution < 1.29 is 0 Å². The van der Waals surface area contributed by atoms with Crippen LogP contribution in [-0.2, 0) is 6.54 Å². The van der Waals surface area contributed by atoms with Crippen LogP contribution in [0.2, 0.25) is 0 Å². The molecule has 0 bridgehead atoms. The van der Waals surface area contributed by atoms with Gasteiger partial charge in [-0.15, -0.1) is 0 Å². The van der Waals surface area contributed by atoms with Gasteiger partial charge >= 0.3 is 0 Å². The Morgan fingerprint density at radius 1 is 1.22 bits per heavy atom. The normalized spacial score (nSPS) is 11.3. The third kappa shape index (κ3) is 3.28. The minimum absolute atomic E-state index is 0.903. The fourth-order valence-corrected chi connectivity index (χ4v) is 1.96. The molecule has 0 aliphatic carbocycles. The topological polar surface area (TPSA) is 28.2 Å². The van der Waals surface area contributed by atoms with Gasteiger partial charge in [-0.25, -0.2) is 0 Å². The second-order valence-corrected chi connectivity index (χ2v) is 4.56. The molecular weight excluding hydrogens is 222 g/mol. The first-order chi connectivity index (χ1) is 8.81. The molecule has 0 saturated carbocycles. The van der Waals surface area contributed by atoms with Gasteiger partial charge in [-0.05, 0) is 31.3 Å². The van der Waals surface area contributed by atoms with E-state index in [1.165, 1.54) is 10.9 Å². The summed E-state index contributed by atoms with van der Waals surface area (Å²) in [6.45, 7) is 6.28. The SMILES string of the molecule is CCN(C)CCNCc1ccnc2ccccc12. The Balaban J connectivity index is 1.95. The lowest BCUT2D eigenvalue weighted by Crippen LogP contribution is -2.28. The zero-order valence-corrected chi connectivity index (χ0v) is 11.2. The van der Waals surface area contributed by atoms with Crippen LogP contribution in [-0.4, -0.2) is 36.6 Å². The molecule has 0 saturated heterocycles. The highest BCUT2D eigenvalue weighted by Gasteiger charge is 2.00. The van der Waals surface area contributed by atoms with E-state index in [2.05, 4.69) is 53.4 Å². The van der Waals surface area contributed by atoms with Crippen LogP contribution < -0.4 is 5.32 Å². The van der Waals surface area contributed by atoms with Crippen molar-refractivity contribution in [1.82, 2.24) is 15.2 Å². The number of likely N-dealkylation sites (N-methyl/N-ethyl adjacent to an activating group) is 1. The maximum atomic E-state index is 4.38. The molecule has 2 aromatic rings. The predicted octanol–water partition coefficient (Wildman–Crippen LogP) is 2.28. The minimum Gasteiger partial charge on any atom is -0.311 e. The molecule has 0 aliphatic heterocycles. The fourth-order valence-electron chi connectivity index (χ4n) is 1.96. The summed E-state index contributed by atoms with van der Waals surface area (Å²) in [5.41, 5.74) is 2.39. The first-order valence-corrected chi connectivity index (χ1v) is 6.53. The number of hydrogen-bond donors (Lipinski definition) is 1. The van der Waals surface area contributed by atoms with Crippen molar-refractivity contribution in [1.29, 1.82) is 0 Å². The van der Waals surface area contributed by atoms with E-state index < -0.39 is 0 Å². The van der Waals surface area contributed by atoms with E-state index in [1.54, 1.807) is 0 Å². The molecule has 0 amide bonds. The molecule has 1 N–H and O–H groups in total. The van der Waals surface area contributed by atoms with Crippen LogP contribution in [0, 0.1) is 0 Å². The monoisotopic (exact) mass is 243 g/mol. The van der Waals surface area contributed by atoms with Gasteiger partial charge in [-0.1, -0.05) is 25.1 Å². The standard InChI is InChI=1S/C15H21N3/c1-3-18(2)11-10-16-12-13-8-9-17-15-7-5-4-6-14(13)15/h4-9,16H,3,10-12H2,1-2H3. The summed E-state index contributed by atoms with van der Waals surface area (Å²) in [7, 11) is 2.14. The molecular formula is C15H21N3. The number of aromatic nitrogens is 1. The van der Waals surface area contributed by atoms with Crippen LogP contribution in [0.5, 0.6) is 0 Å². The predicted molar refractivity (Wildman–Crippen MR) is 76.6 cm³/mol. The molecule has 96 valence electrons. The molecule has 0 fully saturated rings. The third-order valence-corrected chi connectivity index (χ3v) is 3.26. The lowest BCUT2D eigenvalue weighted by molar-refractivity contribution is 0.349. The molecule has 3 nitrogen and oxygen atoms in total. The number of nitrogens with zero attached hydrogens (tertiary/aromatic N) is 2. The van der Waals surface area contributed by atoms with Gasteiger partial charge in [0.2, 0.25) is 0 Å². The summed E-state index contributed by atoms with van der Waals surface area (Å²) in [4.78, 5) is 6.68. The fraction of sp³-hybridized carbons (Fsp3) is 0.400. The van der Waals surface area contributed by atoms with Gasteiger partial charge in [-0.3, -0.25) is 4.98 Å². The van der Waals surface area contributed by atoms with Crippen molar-refractivity contribution in [3.8, 4) is 0 Å². The number of benzene rings is 1. The highest BCUT2D eigenvalue weighted by Crippen LogP contribution is 2.15. The van der Waals surface area contributed by atoms with Crippen LogP contribution in [0.3, 0.4) is 0 Å². The minimum atomic E-state index is 0.903. The summed E-state index contributed by atoms with van der Waals surface area (Å²) >= 11 is 0. The Bertz CT molecular complexity index is 491. The van der Waals surface area contributed by atoms with Crippen LogP contribution in [0.4, 0.5) is 0 Å². The van der Waals surface area contributed by atoms with E-state index in [1.807, 2.05) is 12.3 Å². The number of rotatable bonds is 6. The van der Waals surface area contributed by atoms with Crippen molar-refractivity contribution in [2.45, 2.75) is 13.5 Å². The number of nitrogens with one attached hydrogen (secondary N) is 1. The largest absolute Gasteiger partial charge is 0.311 e. The van der Waals surface area contributed by atoms with Gasteiger partial charge in [0.05, 0.1) is 5.52 Å². The van der Waals surface area contributed by atoms with Gasteiger partial charge < -0.3 is 10.2 Å². The number of hydrogen-bond acceptors (Lipinski definition) is 3. The second-order valence-electron chi connectivity index (χ2n) is 4.56. The van der Waals surface area contributed by atoms with E-state index >= 15 is 0 Å². The maximum Gasteiger partial charge on any atom is 0.0705 e. The number of fused-ring (bicyclic) bond motifs is 1. The molecule has 0 unspecified atom stereocenters. The van der Waals surface area contributed by atoms with Gasteiger partial charge in [0.25, 0.3) is 0 Å². The summed E-state index contributed by atoms with van der Waals surface area (Å²) in [5, 5.41) is 4.74. The van der Waals surface area contributed by atoms with Crippen LogP contribution in [0.1, 0.15) is 12.5 Å². The third-order valence-electron chi connectivity index (χ3n) is 3.26. The highest BCUT2D eigenvalue weighted by atomic mass is 15.1. The average molecular weight is 243 g/mol. The molecule has 0 radical (unpaired) electrons. The average Bonchev–Trinajstić information content (AvgIpc) is 2.43. The summed E-state index contributed by atoms with van der Waals surface area (Å²) in [6.07, 6.45) is 1.89. The van der Waals surface area contributed by atoms with Crippen molar-refractivity contribution in [2.24, 2.45) is 0 Å². The molecule has 1 aromatic heterocycles. The van der Waals surface area contributed by atoms with Crippen LogP contribution in [0.15, 0.2) is 36.5 Å². The summed E-state index contributed by atoms with van der Waals surface area (Å²) in [5.74, 6) is 0. The Morgan fingerprint density at radius 3 is 2.89 bits per heavy atom. The summed E-state index contributed by atoms with van der Waals surface area (Å²) < 4.78 is 0. The van der Waals surface area contributed by atoms with Gasteiger partial charge in [0, 0.05) is 31.2 Å². The van der Waals surface area contributed by atoms with E-state index in [0.717, 1.165) is 31.7 Å². The zero-order valence-electron chi connectivity index (χ0n) is 11.2.